The van der Waals surface area contributed by atoms with Crippen LogP contribution in [0.1, 0.15) is 34.6 Å². The van der Waals surface area contributed by atoms with Crippen molar-refractivity contribution < 1.29 is 24.2 Å². The summed E-state index contributed by atoms with van der Waals surface area (Å²) in [6.07, 6.45) is 0. The molecule has 13 nitrogen and oxygen atoms in total. The molecule has 1 aliphatic heterocycles. The molecule has 4 N–H and O–H groups in total. The molecule has 0 bridgehead atoms. The summed E-state index contributed by atoms with van der Waals surface area (Å²) in [4.78, 5) is 55.6. The van der Waals surface area contributed by atoms with Gasteiger partial charge in [-0.2, -0.15) is 0 Å². The number of aromatic nitrogens is 1. The predicted molar refractivity (Wildman–Crippen MR) is 218 cm³/mol. The first-order valence-electron chi connectivity index (χ1n) is 17.5. The van der Waals surface area contributed by atoms with Crippen LogP contribution < -0.4 is 25.9 Å². The summed E-state index contributed by atoms with van der Waals surface area (Å²) in [6, 6.07) is 28.5. The van der Waals surface area contributed by atoms with Gasteiger partial charge in [0.1, 0.15) is 34.0 Å². The number of amides is 2. The van der Waals surface area contributed by atoms with E-state index in [4.69, 9.17) is 9.40 Å². The minimum atomic E-state index is -0.487. The average Bonchev–Trinajstić information content (AvgIpc) is 3.21. The fraction of sp³-hybridized carbons (Fsp3) is 0.190. The van der Waals surface area contributed by atoms with Crippen molar-refractivity contribution in [3.05, 3.63) is 123 Å². The van der Waals surface area contributed by atoms with Gasteiger partial charge in [0.05, 0.1) is 5.56 Å². The van der Waals surface area contributed by atoms with Gasteiger partial charge in [-0.1, -0.05) is 54.6 Å². The Bertz CT molecular complexity index is 2550. The fourth-order valence-electron chi connectivity index (χ4n) is 6.04. The fourth-order valence-corrected chi connectivity index (χ4v) is 6.04. The first kappa shape index (κ1) is 39.2. The molecule has 2 amide bonds. The second-order valence-corrected chi connectivity index (χ2v) is 12.5. The van der Waals surface area contributed by atoms with Crippen molar-refractivity contribution in [2.24, 2.45) is 5.18 Å². The number of carbonyl (C=O) groups excluding carboxylic acids is 2. The van der Waals surface area contributed by atoms with E-state index in [1.807, 2.05) is 87.4 Å². The molecule has 0 aromatic heterocycles. The number of nitrogens with zero attached hydrogens (tertiary/aromatic N) is 4. The molecule has 0 fully saturated rings. The van der Waals surface area contributed by atoms with Crippen LogP contribution in [0.15, 0.2) is 111 Å². The smallest absolute Gasteiger partial charge is 0.258 e. The quantitative estimate of drug-likeness (QED) is 0.0730. The maximum Gasteiger partial charge on any atom is 0.258 e. The Hall–Kier alpha value is -7.02. The van der Waals surface area contributed by atoms with Crippen molar-refractivity contribution in [1.82, 2.24) is 15.6 Å². The summed E-state index contributed by atoms with van der Waals surface area (Å²) in [5.41, 5.74) is 3.53. The Kier molecular flexibility index (Phi) is 12.3. The van der Waals surface area contributed by atoms with E-state index < -0.39 is 5.91 Å². The minimum absolute atomic E-state index is 0.0224. The van der Waals surface area contributed by atoms with Crippen LogP contribution in [0.25, 0.3) is 44.1 Å². The molecule has 1 aliphatic carbocycles. The van der Waals surface area contributed by atoms with Gasteiger partial charge in [-0.25, -0.2) is 4.98 Å². The summed E-state index contributed by atoms with van der Waals surface area (Å²) >= 11 is 0. The maximum absolute atomic E-state index is 12.9. The first-order valence-corrected chi connectivity index (χ1v) is 17.5. The monoisotopic (exact) mass is 742 g/mol. The summed E-state index contributed by atoms with van der Waals surface area (Å²) in [6.45, 7) is 5.80. The van der Waals surface area contributed by atoms with Gasteiger partial charge in [-0.15, -0.1) is 4.91 Å². The number of aromatic hydroxyl groups is 2. The van der Waals surface area contributed by atoms with Crippen LogP contribution in [-0.2, 0) is 0 Å². The third-order valence-corrected chi connectivity index (χ3v) is 9.01. The number of hydrogen-bond acceptors (Lipinski definition) is 11. The van der Waals surface area contributed by atoms with Gasteiger partial charge >= 0.3 is 0 Å². The number of phenolic OH excluding ortho intramolecular Hbond substituents is 2. The highest BCUT2D eigenvalue weighted by atomic mass is 16.3. The minimum Gasteiger partial charge on any atom is -0.506 e. The number of carbonyl (C=O) groups is 2. The van der Waals surface area contributed by atoms with Crippen LogP contribution in [0.3, 0.4) is 0 Å². The standard InChI is InChI=1S/C20H17N3O3.C12H11NO2.C10H14N2O2/c1-21-20(25)16-18(24)13-7-5-4-6-12(13)17-19(16)26-15-10-11(23(2)3)8-9-14(15)22-17;1-13-12(15)10-7-6-8-4-2-3-5-9(8)11(10)14;1-3-12(4-2)8-5-6-9(11-14)10(13)7-8/h4-10H,1-3H3,(H,21,25);2-7,14H,1H3,(H,13,15);5-7,13H,3-4H2,1-2H3. The van der Waals surface area contributed by atoms with E-state index >= 15 is 0 Å². The highest BCUT2D eigenvalue weighted by Gasteiger charge is 2.26. The molecule has 2 aliphatic rings. The van der Waals surface area contributed by atoms with Gasteiger partial charge < -0.3 is 35.1 Å². The Morgan fingerprint density at radius 1 is 0.782 bits per heavy atom. The Morgan fingerprint density at radius 3 is 2.04 bits per heavy atom. The van der Waals surface area contributed by atoms with E-state index in [0.29, 0.717) is 38.5 Å². The van der Waals surface area contributed by atoms with Crippen molar-refractivity contribution in [2.45, 2.75) is 13.8 Å². The van der Waals surface area contributed by atoms with Crippen molar-refractivity contribution in [3.63, 3.8) is 0 Å². The predicted octanol–water partition coefficient (Wildman–Crippen LogP) is 7.41. The Labute approximate surface area is 317 Å². The number of anilines is 2. The van der Waals surface area contributed by atoms with E-state index in [9.17, 15) is 29.5 Å². The zero-order chi connectivity index (χ0) is 39.8. The van der Waals surface area contributed by atoms with Crippen LogP contribution in [-0.4, -0.2) is 68.3 Å². The number of phenols is 2. The molecule has 0 saturated carbocycles. The van der Waals surface area contributed by atoms with E-state index in [2.05, 4.69) is 20.7 Å². The third kappa shape index (κ3) is 8.15. The van der Waals surface area contributed by atoms with E-state index in [0.717, 1.165) is 29.9 Å². The van der Waals surface area contributed by atoms with Crippen molar-refractivity contribution in [3.8, 4) is 23.0 Å². The van der Waals surface area contributed by atoms with Crippen LogP contribution in [0.2, 0.25) is 0 Å². The summed E-state index contributed by atoms with van der Waals surface area (Å²) in [7, 11) is 6.88. The molecule has 0 spiro atoms. The first-order chi connectivity index (χ1) is 26.5. The van der Waals surface area contributed by atoms with E-state index in [-0.39, 0.29) is 39.8 Å². The van der Waals surface area contributed by atoms with Crippen molar-refractivity contribution >= 4 is 61.5 Å². The molecule has 5 aromatic carbocycles. The summed E-state index contributed by atoms with van der Waals surface area (Å²) in [5.74, 6) is -0.592. The lowest BCUT2D eigenvalue weighted by molar-refractivity contribution is 0.0952. The van der Waals surface area contributed by atoms with E-state index in [1.54, 1.807) is 36.4 Å². The molecule has 0 unspecified atom stereocenters. The lowest BCUT2D eigenvalue weighted by Gasteiger charge is -2.20. The molecule has 13 heteroatoms. The van der Waals surface area contributed by atoms with E-state index in [1.165, 1.54) is 20.2 Å². The number of hydrogen-bond donors (Lipinski definition) is 4. The Morgan fingerprint density at radius 2 is 1.42 bits per heavy atom. The van der Waals surface area contributed by atoms with Gasteiger partial charge in [-0.05, 0) is 54.7 Å². The van der Waals surface area contributed by atoms with Gasteiger partial charge in [0.2, 0.25) is 5.43 Å². The lowest BCUT2D eigenvalue weighted by Crippen LogP contribution is -2.27. The van der Waals surface area contributed by atoms with Gasteiger partial charge in [-0.3, -0.25) is 14.4 Å². The van der Waals surface area contributed by atoms with Gasteiger partial charge in [0.25, 0.3) is 11.8 Å². The van der Waals surface area contributed by atoms with Crippen LogP contribution >= 0.6 is 0 Å². The van der Waals surface area contributed by atoms with Crippen molar-refractivity contribution in [2.75, 3.05) is 51.1 Å². The summed E-state index contributed by atoms with van der Waals surface area (Å²) in [5, 5.41) is 29.7. The Balaban J connectivity index is 0.000000171. The highest BCUT2D eigenvalue weighted by molar-refractivity contribution is 6.08. The van der Waals surface area contributed by atoms with Gasteiger partial charge in [0.15, 0.2) is 11.3 Å². The third-order valence-electron chi connectivity index (χ3n) is 9.01. The zero-order valence-electron chi connectivity index (χ0n) is 31.4. The number of benzene rings is 6. The van der Waals surface area contributed by atoms with Crippen molar-refractivity contribution in [1.29, 1.82) is 0 Å². The molecule has 5 aromatic rings. The molecule has 7 rings (SSSR count). The number of nitrogens with one attached hydrogen (secondary N) is 2. The molecular weight excluding hydrogens is 700 g/mol. The van der Waals surface area contributed by atoms with Crippen LogP contribution in [0.5, 0.6) is 11.5 Å². The SMILES string of the molecule is CCN(CC)c1ccc(N=O)c(O)c1.CNC(=O)c1c2oc3cc(N(C)C)ccc3nc-2c2ccccc2c1=O.CNC(=O)c1ccc2ccccc2c1O. The number of nitroso groups, excluding NO2 is 1. The summed E-state index contributed by atoms with van der Waals surface area (Å²) < 4.78 is 6.03. The number of rotatable bonds is 7. The molecular formula is C42H42N6O7. The van der Waals surface area contributed by atoms with Crippen LogP contribution in [0.4, 0.5) is 17.1 Å². The molecule has 0 atom stereocenters. The molecule has 282 valence electrons. The molecule has 55 heavy (non-hydrogen) atoms. The largest absolute Gasteiger partial charge is 0.506 e. The zero-order valence-corrected chi connectivity index (χ0v) is 31.4. The van der Waals surface area contributed by atoms with Crippen LogP contribution in [0, 0.1) is 4.91 Å². The molecule has 1 heterocycles. The van der Waals surface area contributed by atoms with Gasteiger partial charge in [0, 0.05) is 80.9 Å². The molecule has 0 saturated heterocycles. The molecule has 0 radical (unpaired) electrons. The number of fused-ring (bicyclic) bond motifs is 5. The topological polar surface area (TPSA) is 178 Å². The highest BCUT2D eigenvalue weighted by Crippen LogP contribution is 2.34. The normalized spacial score (nSPS) is 10.6. The average molecular weight is 743 g/mol. The second-order valence-electron chi connectivity index (χ2n) is 12.5. The second kappa shape index (κ2) is 17.2. The maximum atomic E-state index is 12.9. The lowest BCUT2D eigenvalue weighted by atomic mass is 9.99.